The van der Waals surface area contributed by atoms with Crippen LogP contribution in [0, 0.1) is 11.3 Å². The Morgan fingerprint density at radius 3 is 2.50 bits per heavy atom. The van der Waals surface area contributed by atoms with Gasteiger partial charge < -0.3 is 0 Å². The van der Waals surface area contributed by atoms with E-state index in [1.165, 1.54) is 12.8 Å². The summed E-state index contributed by atoms with van der Waals surface area (Å²) in [6.07, 6.45) is 4.50. The molecular formula is C8H14N2. The summed E-state index contributed by atoms with van der Waals surface area (Å²) in [5.74, 6) is 0. The Labute approximate surface area is 62.2 Å². The summed E-state index contributed by atoms with van der Waals surface area (Å²) < 4.78 is 0. The molecule has 1 N–H and O–H groups in total. The van der Waals surface area contributed by atoms with Crippen molar-refractivity contribution < 1.29 is 0 Å². The van der Waals surface area contributed by atoms with E-state index in [1.807, 2.05) is 0 Å². The Bertz CT molecular complexity index is 140. The van der Waals surface area contributed by atoms with Gasteiger partial charge >= 0.3 is 0 Å². The summed E-state index contributed by atoms with van der Waals surface area (Å²) in [4.78, 5) is 0. The zero-order valence-corrected chi connectivity index (χ0v) is 6.48. The molecule has 2 heteroatoms. The lowest BCUT2D eigenvalue weighted by atomic mass is 10.0. The smallest absolute Gasteiger partial charge is 0.106 e. The van der Waals surface area contributed by atoms with Crippen molar-refractivity contribution in [2.75, 3.05) is 6.54 Å². The number of nitrogens with zero attached hydrogens (tertiary/aromatic N) is 1. The summed E-state index contributed by atoms with van der Waals surface area (Å²) in [7, 11) is 0. The van der Waals surface area contributed by atoms with Crippen molar-refractivity contribution in [3.05, 3.63) is 0 Å². The minimum Gasteiger partial charge on any atom is -0.300 e. The van der Waals surface area contributed by atoms with E-state index in [2.05, 4.69) is 18.3 Å². The van der Waals surface area contributed by atoms with Crippen LogP contribution in [0.3, 0.4) is 0 Å². The summed E-state index contributed by atoms with van der Waals surface area (Å²) >= 11 is 0. The van der Waals surface area contributed by atoms with Gasteiger partial charge in [-0.25, -0.2) is 0 Å². The predicted molar refractivity (Wildman–Crippen MR) is 40.5 cm³/mol. The zero-order valence-electron chi connectivity index (χ0n) is 6.48. The van der Waals surface area contributed by atoms with Crippen LogP contribution in [0.25, 0.3) is 0 Å². The first-order valence-electron chi connectivity index (χ1n) is 3.99. The highest BCUT2D eigenvalue weighted by Gasteiger charge is 2.32. The summed E-state index contributed by atoms with van der Waals surface area (Å²) in [5.41, 5.74) is -0.158. The number of nitrogens with one attached hydrogen (secondary N) is 1. The predicted octanol–water partition coefficient (Wildman–Crippen LogP) is 1.43. The highest BCUT2D eigenvalue weighted by molar-refractivity contribution is 5.09. The molecule has 0 aromatic rings. The molecule has 0 unspecified atom stereocenters. The molecule has 56 valence electrons. The molecule has 10 heavy (non-hydrogen) atoms. The van der Waals surface area contributed by atoms with Gasteiger partial charge in [0.15, 0.2) is 0 Å². The Morgan fingerprint density at radius 1 is 1.50 bits per heavy atom. The van der Waals surface area contributed by atoms with Crippen molar-refractivity contribution in [1.82, 2.24) is 5.32 Å². The van der Waals surface area contributed by atoms with Crippen LogP contribution >= 0.6 is 0 Å². The molecule has 0 atom stereocenters. The van der Waals surface area contributed by atoms with Crippen molar-refractivity contribution in [2.45, 2.75) is 38.1 Å². The molecule has 0 aliphatic heterocycles. The van der Waals surface area contributed by atoms with Crippen LogP contribution in [0.5, 0.6) is 0 Å². The fraction of sp³-hybridized carbons (Fsp3) is 0.875. The van der Waals surface area contributed by atoms with E-state index in [9.17, 15) is 0 Å². The van der Waals surface area contributed by atoms with Crippen LogP contribution in [-0.2, 0) is 0 Å². The number of rotatable bonds is 2. The van der Waals surface area contributed by atoms with Gasteiger partial charge in [-0.1, -0.05) is 19.8 Å². The monoisotopic (exact) mass is 138 g/mol. The molecule has 2 nitrogen and oxygen atoms in total. The lowest BCUT2D eigenvalue weighted by Gasteiger charge is -2.20. The normalized spacial score (nSPS) is 22.4. The molecule has 0 amide bonds. The molecule has 0 radical (unpaired) electrons. The first kappa shape index (κ1) is 7.56. The van der Waals surface area contributed by atoms with Crippen LogP contribution in [-0.4, -0.2) is 12.1 Å². The summed E-state index contributed by atoms with van der Waals surface area (Å²) in [6, 6.07) is 2.37. The SMILES string of the molecule is CCNC1(C#N)CCCC1. The van der Waals surface area contributed by atoms with Crippen LogP contribution in [0.1, 0.15) is 32.6 Å². The quantitative estimate of drug-likeness (QED) is 0.626. The largest absolute Gasteiger partial charge is 0.300 e. The Hall–Kier alpha value is -0.550. The fourth-order valence-corrected chi connectivity index (χ4v) is 1.65. The maximum Gasteiger partial charge on any atom is 0.106 e. The van der Waals surface area contributed by atoms with Gasteiger partial charge in [0.2, 0.25) is 0 Å². The maximum absolute atomic E-state index is 8.84. The maximum atomic E-state index is 8.84. The third kappa shape index (κ3) is 1.30. The number of hydrogen-bond donors (Lipinski definition) is 1. The van der Waals surface area contributed by atoms with Gasteiger partial charge in [-0.15, -0.1) is 0 Å². The second kappa shape index (κ2) is 3.03. The van der Waals surface area contributed by atoms with Gasteiger partial charge in [-0.05, 0) is 19.4 Å². The number of nitriles is 1. The van der Waals surface area contributed by atoms with Gasteiger partial charge in [-0.3, -0.25) is 5.32 Å². The summed E-state index contributed by atoms with van der Waals surface area (Å²) in [5, 5.41) is 12.1. The van der Waals surface area contributed by atoms with E-state index in [0.29, 0.717) is 0 Å². The van der Waals surface area contributed by atoms with E-state index in [4.69, 9.17) is 5.26 Å². The van der Waals surface area contributed by atoms with E-state index in [1.54, 1.807) is 0 Å². The molecule has 0 spiro atoms. The Balaban J connectivity index is 2.51. The second-order valence-corrected chi connectivity index (χ2v) is 2.93. The van der Waals surface area contributed by atoms with Crippen molar-refractivity contribution >= 4 is 0 Å². The molecular weight excluding hydrogens is 124 g/mol. The van der Waals surface area contributed by atoms with Crippen LogP contribution in [0.15, 0.2) is 0 Å². The molecule has 0 aromatic heterocycles. The molecule has 0 bridgehead atoms. The van der Waals surface area contributed by atoms with Gasteiger partial charge in [0.1, 0.15) is 5.54 Å². The first-order chi connectivity index (χ1) is 4.83. The molecule has 0 heterocycles. The number of hydrogen-bond acceptors (Lipinski definition) is 2. The molecule has 1 saturated carbocycles. The van der Waals surface area contributed by atoms with Gasteiger partial charge in [-0.2, -0.15) is 5.26 Å². The Morgan fingerprint density at radius 2 is 2.10 bits per heavy atom. The van der Waals surface area contributed by atoms with E-state index < -0.39 is 0 Å². The van der Waals surface area contributed by atoms with Crippen LogP contribution in [0.2, 0.25) is 0 Å². The molecule has 1 aliphatic rings. The van der Waals surface area contributed by atoms with Crippen molar-refractivity contribution in [3.63, 3.8) is 0 Å². The lowest BCUT2D eigenvalue weighted by Crippen LogP contribution is -2.40. The van der Waals surface area contributed by atoms with Crippen molar-refractivity contribution in [1.29, 1.82) is 5.26 Å². The average Bonchev–Trinajstić information content (AvgIpc) is 2.39. The van der Waals surface area contributed by atoms with E-state index in [0.717, 1.165) is 19.4 Å². The molecule has 0 saturated heterocycles. The molecule has 1 rings (SSSR count). The molecule has 1 fully saturated rings. The minimum atomic E-state index is -0.158. The zero-order chi connectivity index (χ0) is 7.45. The van der Waals surface area contributed by atoms with Gasteiger partial charge in [0.05, 0.1) is 6.07 Å². The highest BCUT2D eigenvalue weighted by Crippen LogP contribution is 2.28. The minimum absolute atomic E-state index is 0.158. The van der Waals surface area contributed by atoms with E-state index >= 15 is 0 Å². The standard InChI is InChI=1S/C8H14N2/c1-2-10-8(7-9)5-3-4-6-8/h10H,2-6H2,1H3. The van der Waals surface area contributed by atoms with Crippen molar-refractivity contribution in [3.8, 4) is 6.07 Å². The highest BCUT2D eigenvalue weighted by atomic mass is 15.0. The lowest BCUT2D eigenvalue weighted by molar-refractivity contribution is 0.435. The average molecular weight is 138 g/mol. The van der Waals surface area contributed by atoms with Crippen LogP contribution < -0.4 is 5.32 Å². The first-order valence-corrected chi connectivity index (χ1v) is 3.99. The van der Waals surface area contributed by atoms with Gasteiger partial charge in [0, 0.05) is 0 Å². The molecule has 0 aromatic carbocycles. The van der Waals surface area contributed by atoms with Gasteiger partial charge in [0.25, 0.3) is 0 Å². The topological polar surface area (TPSA) is 35.8 Å². The van der Waals surface area contributed by atoms with Crippen molar-refractivity contribution in [2.24, 2.45) is 0 Å². The third-order valence-electron chi connectivity index (χ3n) is 2.19. The molecule has 1 aliphatic carbocycles. The van der Waals surface area contributed by atoms with Crippen LogP contribution in [0.4, 0.5) is 0 Å². The Kier molecular flexibility index (Phi) is 2.29. The fourth-order valence-electron chi connectivity index (χ4n) is 1.65. The summed E-state index contributed by atoms with van der Waals surface area (Å²) in [6.45, 7) is 2.96. The third-order valence-corrected chi connectivity index (χ3v) is 2.19. The second-order valence-electron chi connectivity index (χ2n) is 2.93. The van der Waals surface area contributed by atoms with E-state index in [-0.39, 0.29) is 5.54 Å².